The van der Waals surface area contributed by atoms with E-state index in [4.69, 9.17) is 37.4 Å². The molecule has 196 valence electrons. The summed E-state index contributed by atoms with van der Waals surface area (Å²) in [6.45, 7) is 3.96. The van der Waals surface area contributed by atoms with Crippen LogP contribution in [0.3, 0.4) is 0 Å². The van der Waals surface area contributed by atoms with Crippen molar-refractivity contribution in [3.8, 4) is 11.5 Å². The van der Waals surface area contributed by atoms with Crippen LogP contribution < -0.4 is 9.47 Å². The molecule has 0 radical (unpaired) electrons. The lowest BCUT2D eigenvalue weighted by Crippen LogP contribution is -2.46. The van der Waals surface area contributed by atoms with Gasteiger partial charge < -0.3 is 19.1 Å². The Kier molecular flexibility index (Phi) is 9.62. The fourth-order valence-electron chi connectivity index (χ4n) is 3.70. The SMILES string of the molecule is CCOc1cc(/C=C2\SC(=O)N(CC(=O)N3CCOCC3)C2=O)cc(I)c1OCc1ccc(Cl)cc1Cl. The zero-order valence-electron chi connectivity index (χ0n) is 19.8. The van der Waals surface area contributed by atoms with E-state index in [1.807, 2.05) is 13.0 Å². The molecule has 2 heterocycles. The minimum absolute atomic E-state index is 0.210. The topological polar surface area (TPSA) is 85.4 Å². The summed E-state index contributed by atoms with van der Waals surface area (Å²) in [5.41, 5.74) is 1.43. The van der Waals surface area contributed by atoms with E-state index in [2.05, 4.69) is 22.6 Å². The van der Waals surface area contributed by atoms with Crippen molar-refractivity contribution in [2.45, 2.75) is 13.5 Å². The van der Waals surface area contributed by atoms with E-state index >= 15 is 0 Å². The van der Waals surface area contributed by atoms with E-state index in [-0.39, 0.29) is 24.0 Å². The predicted molar refractivity (Wildman–Crippen MR) is 151 cm³/mol. The van der Waals surface area contributed by atoms with Crippen LogP contribution in [0.25, 0.3) is 6.08 Å². The van der Waals surface area contributed by atoms with Gasteiger partial charge in [-0.15, -0.1) is 0 Å². The largest absolute Gasteiger partial charge is 0.490 e. The summed E-state index contributed by atoms with van der Waals surface area (Å²) in [5.74, 6) is 0.256. The number of thioether (sulfide) groups is 1. The first-order valence-corrected chi connectivity index (χ1v) is 14.1. The van der Waals surface area contributed by atoms with Crippen LogP contribution in [0.5, 0.6) is 11.5 Å². The van der Waals surface area contributed by atoms with Gasteiger partial charge >= 0.3 is 0 Å². The lowest BCUT2D eigenvalue weighted by atomic mass is 10.1. The van der Waals surface area contributed by atoms with Crippen molar-refractivity contribution in [1.82, 2.24) is 9.80 Å². The summed E-state index contributed by atoms with van der Waals surface area (Å²) in [6, 6.07) is 8.77. The highest BCUT2D eigenvalue weighted by atomic mass is 127. The Bertz CT molecular complexity index is 1250. The van der Waals surface area contributed by atoms with Crippen LogP contribution in [0.2, 0.25) is 10.0 Å². The third kappa shape index (κ3) is 6.91. The standard InChI is InChI=1S/C25H23Cl2IN2O6S/c1-2-35-20-10-15(9-19(28)23(20)36-14-16-3-4-17(26)12-18(16)27)11-21-24(32)30(25(33)37-21)13-22(31)29-5-7-34-8-6-29/h3-4,9-12H,2,5-8,13-14H2,1H3/b21-11-. The second kappa shape index (κ2) is 12.7. The van der Waals surface area contributed by atoms with E-state index in [0.29, 0.717) is 60.0 Å². The van der Waals surface area contributed by atoms with Gasteiger partial charge in [-0.2, -0.15) is 0 Å². The number of hydrogen-bond donors (Lipinski definition) is 0. The van der Waals surface area contributed by atoms with Gasteiger partial charge in [-0.3, -0.25) is 19.3 Å². The lowest BCUT2D eigenvalue weighted by Gasteiger charge is -2.28. The molecule has 0 spiro atoms. The lowest BCUT2D eigenvalue weighted by molar-refractivity contribution is -0.139. The van der Waals surface area contributed by atoms with E-state index in [1.54, 1.807) is 35.2 Å². The van der Waals surface area contributed by atoms with Gasteiger partial charge in [-0.25, -0.2) is 0 Å². The molecular weight excluding hydrogens is 654 g/mol. The fourth-order valence-corrected chi connectivity index (χ4v) is 5.78. The first kappa shape index (κ1) is 28.0. The Labute approximate surface area is 242 Å². The molecule has 2 aliphatic heterocycles. The molecule has 0 saturated carbocycles. The quantitative estimate of drug-likeness (QED) is 0.271. The smallest absolute Gasteiger partial charge is 0.294 e. The molecule has 0 aliphatic carbocycles. The van der Waals surface area contributed by atoms with Crippen LogP contribution in [0.15, 0.2) is 35.2 Å². The molecule has 0 aromatic heterocycles. The molecule has 0 unspecified atom stereocenters. The summed E-state index contributed by atoms with van der Waals surface area (Å²) in [7, 11) is 0. The Morgan fingerprint density at radius 1 is 1.16 bits per heavy atom. The fraction of sp³-hybridized carbons (Fsp3) is 0.320. The molecule has 3 amide bonds. The number of rotatable bonds is 8. The van der Waals surface area contributed by atoms with E-state index in [0.717, 1.165) is 25.8 Å². The summed E-state index contributed by atoms with van der Waals surface area (Å²) in [5, 5.41) is 0.565. The Morgan fingerprint density at radius 3 is 2.62 bits per heavy atom. The van der Waals surface area contributed by atoms with E-state index < -0.39 is 11.1 Å². The van der Waals surface area contributed by atoms with Gasteiger partial charge in [0.05, 0.1) is 28.3 Å². The summed E-state index contributed by atoms with van der Waals surface area (Å²) >= 11 is 15.2. The molecule has 0 atom stereocenters. The van der Waals surface area contributed by atoms with Crippen molar-refractivity contribution in [3.05, 3.63) is 60.0 Å². The van der Waals surface area contributed by atoms with Gasteiger partial charge in [0.2, 0.25) is 5.91 Å². The summed E-state index contributed by atoms with van der Waals surface area (Å²) in [4.78, 5) is 40.9. The summed E-state index contributed by atoms with van der Waals surface area (Å²) in [6.07, 6.45) is 1.62. The normalized spacial score (nSPS) is 17.0. The van der Waals surface area contributed by atoms with Gasteiger partial charge in [0, 0.05) is 28.7 Å². The highest BCUT2D eigenvalue weighted by Crippen LogP contribution is 2.38. The second-order valence-corrected chi connectivity index (χ2v) is 11.0. The van der Waals surface area contributed by atoms with Crippen molar-refractivity contribution in [2.24, 2.45) is 0 Å². The maximum absolute atomic E-state index is 13.0. The van der Waals surface area contributed by atoms with Crippen molar-refractivity contribution < 1.29 is 28.6 Å². The highest BCUT2D eigenvalue weighted by Gasteiger charge is 2.37. The molecule has 2 aromatic rings. The first-order valence-electron chi connectivity index (χ1n) is 11.4. The number of imide groups is 1. The van der Waals surface area contributed by atoms with Gasteiger partial charge in [0.25, 0.3) is 11.1 Å². The molecule has 0 bridgehead atoms. The average Bonchev–Trinajstić information content (AvgIpc) is 3.12. The monoisotopic (exact) mass is 676 g/mol. The predicted octanol–water partition coefficient (Wildman–Crippen LogP) is 5.47. The van der Waals surface area contributed by atoms with E-state index in [9.17, 15) is 14.4 Å². The number of halogens is 3. The maximum Gasteiger partial charge on any atom is 0.294 e. The van der Waals surface area contributed by atoms with Crippen molar-refractivity contribution in [2.75, 3.05) is 39.5 Å². The Morgan fingerprint density at radius 2 is 1.92 bits per heavy atom. The number of ether oxygens (including phenoxy) is 3. The van der Waals surface area contributed by atoms with Crippen molar-refractivity contribution >= 4 is 80.7 Å². The van der Waals surface area contributed by atoms with Crippen LogP contribution in [-0.2, 0) is 20.9 Å². The van der Waals surface area contributed by atoms with E-state index in [1.165, 1.54) is 0 Å². The van der Waals surface area contributed by atoms with Gasteiger partial charge in [0.1, 0.15) is 13.2 Å². The minimum Gasteiger partial charge on any atom is -0.490 e. The van der Waals surface area contributed by atoms with Crippen LogP contribution in [0, 0.1) is 3.57 Å². The molecule has 2 saturated heterocycles. The van der Waals surface area contributed by atoms with Crippen LogP contribution in [0.4, 0.5) is 4.79 Å². The molecule has 8 nitrogen and oxygen atoms in total. The summed E-state index contributed by atoms with van der Waals surface area (Å²) < 4.78 is 17.9. The molecule has 37 heavy (non-hydrogen) atoms. The minimum atomic E-state index is -0.498. The number of amides is 3. The van der Waals surface area contributed by atoms with Gasteiger partial charge in [-0.05, 0) is 77.2 Å². The molecule has 0 N–H and O–H groups in total. The van der Waals surface area contributed by atoms with Crippen LogP contribution in [-0.4, -0.2) is 66.3 Å². The number of hydrogen-bond acceptors (Lipinski definition) is 7. The molecule has 4 rings (SSSR count). The number of nitrogens with zero attached hydrogens (tertiary/aromatic N) is 2. The van der Waals surface area contributed by atoms with Crippen molar-refractivity contribution in [1.29, 1.82) is 0 Å². The van der Waals surface area contributed by atoms with Gasteiger partial charge in [0.15, 0.2) is 11.5 Å². The number of carbonyl (C=O) groups excluding carboxylic acids is 3. The van der Waals surface area contributed by atoms with Crippen molar-refractivity contribution in [3.63, 3.8) is 0 Å². The first-order chi connectivity index (χ1) is 17.8. The number of carbonyl (C=O) groups is 3. The Balaban J connectivity index is 1.51. The van der Waals surface area contributed by atoms with Gasteiger partial charge in [-0.1, -0.05) is 29.3 Å². The molecule has 2 aliphatic rings. The zero-order valence-corrected chi connectivity index (χ0v) is 24.3. The molecule has 12 heteroatoms. The van der Waals surface area contributed by atoms with Crippen LogP contribution >= 0.6 is 57.6 Å². The van der Waals surface area contributed by atoms with Crippen LogP contribution in [0.1, 0.15) is 18.1 Å². The molecule has 2 aromatic carbocycles. The second-order valence-electron chi connectivity index (χ2n) is 8.05. The maximum atomic E-state index is 13.0. The Hall–Kier alpha value is -1.99. The molecule has 2 fully saturated rings. The third-order valence-corrected chi connectivity index (χ3v) is 7.84. The average molecular weight is 677 g/mol. The number of benzene rings is 2. The third-order valence-electron chi connectivity index (χ3n) is 5.55. The zero-order chi connectivity index (χ0) is 26.5. The highest BCUT2D eigenvalue weighted by molar-refractivity contribution is 14.1. The number of morpholine rings is 1. The molecular formula is C25H23Cl2IN2O6S.